The summed E-state index contributed by atoms with van der Waals surface area (Å²) in [6.45, 7) is 16.8. The van der Waals surface area contributed by atoms with Crippen molar-refractivity contribution in [3.05, 3.63) is 117 Å². The number of hydrogen-bond donors (Lipinski definition) is 2. The molecule has 9 heterocycles. The fraction of sp³-hybridized carbons (Fsp3) is 0.375. The highest BCUT2D eigenvalue weighted by Crippen LogP contribution is 2.41. The van der Waals surface area contributed by atoms with Gasteiger partial charge in [-0.3, -0.25) is 9.69 Å². The van der Waals surface area contributed by atoms with Gasteiger partial charge in [-0.2, -0.15) is 20.7 Å². The molecule has 6 aromatic heterocycles. The van der Waals surface area contributed by atoms with Crippen LogP contribution in [0.3, 0.4) is 0 Å². The number of fused-ring (bicyclic) bond motifs is 2. The fourth-order valence-electron chi connectivity index (χ4n) is 10.4. The normalized spacial score (nSPS) is 15.9. The van der Waals surface area contributed by atoms with E-state index in [1.807, 2.05) is 32.9 Å². The van der Waals surface area contributed by atoms with Crippen molar-refractivity contribution in [1.29, 1.82) is 10.5 Å². The van der Waals surface area contributed by atoms with Gasteiger partial charge in [-0.1, -0.05) is 36.5 Å². The minimum absolute atomic E-state index is 0.0885. The van der Waals surface area contributed by atoms with Crippen LogP contribution in [0.15, 0.2) is 72.8 Å². The number of rotatable bonds is 12. The molecule has 3 aliphatic heterocycles. The summed E-state index contributed by atoms with van der Waals surface area (Å²) < 4.78 is 30.9. The number of carbonyl (C=O) groups is 1. The molecular formula is C56H61F2N15O2S2. The van der Waals surface area contributed by atoms with E-state index in [2.05, 4.69) is 84.1 Å². The molecule has 2 N–H and O–H groups in total. The Morgan fingerprint density at radius 2 is 1.16 bits per heavy atom. The van der Waals surface area contributed by atoms with E-state index in [-0.39, 0.29) is 17.5 Å². The lowest BCUT2D eigenvalue weighted by Crippen LogP contribution is -2.50. The van der Waals surface area contributed by atoms with E-state index < -0.39 is 6.10 Å². The Balaban J connectivity index is 0.000000179. The lowest BCUT2D eigenvalue weighted by Gasteiger charge is -2.36. The summed E-state index contributed by atoms with van der Waals surface area (Å²) in [4.78, 5) is 36.0. The van der Waals surface area contributed by atoms with Gasteiger partial charge in [0.15, 0.2) is 10.3 Å². The zero-order valence-electron chi connectivity index (χ0n) is 44.1. The van der Waals surface area contributed by atoms with Crippen molar-refractivity contribution in [3.8, 4) is 34.7 Å². The van der Waals surface area contributed by atoms with E-state index >= 15 is 0 Å². The standard InChI is InChI=1S/C31H35FN8O2S.C25H26FN7S/c1-4-25-30(36(3)31-34-29(27(17-33)43-31)21-5-7-22(32)8-6-21)26-16-23(15-20(2)40(26)35-25)38-13-11-37(12-14-38)19-28(42)39-10-9-24(41)18-39;1-4-20-24(21-14-19(13-16(2)33(21)30-20)32-11-9-28-10-12-32)31(3)25-29-23(22(15-27)34-25)17-5-7-18(26)8-6-17/h5-8,15-16,24,41H,4,9-14,18-19H2,1-3H3;5-8,13-14,28H,4,9-12H2,1-3H3/t24-;/m1./s1. The number of amides is 1. The van der Waals surface area contributed by atoms with E-state index in [9.17, 15) is 29.2 Å². The molecule has 0 bridgehead atoms. The molecule has 1 atom stereocenters. The first-order valence-corrected chi connectivity index (χ1v) is 27.6. The van der Waals surface area contributed by atoms with E-state index in [0.717, 1.165) is 122 Å². The number of aromatic nitrogens is 6. The van der Waals surface area contributed by atoms with Crippen LogP contribution in [0.2, 0.25) is 0 Å². The van der Waals surface area contributed by atoms with Crippen LogP contribution in [0.5, 0.6) is 0 Å². The molecule has 8 aromatic rings. The third-order valence-electron chi connectivity index (χ3n) is 14.6. The molecule has 0 aliphatic carbocycles. The van der Waals surface area contributed by atoms with Crippen molar-refractivity contribution in [3.63, 3.8) is 0 Å². The van der Waals surface area contributed by atoms with Gasteiger partial charge in [0.25, 0.3) is 0 Å². The number of nitrogens with one attached hydrogen (secondary N) is 1. The number of anilines is 6. The van der Waals surface area contributed by atoms with Crippen molar-refractivity contribution < 1.29 is 18.7 Å². The average molecular weight is 1080 g/mol. The highest BCUT2D eigenvalue weighted by atomic mass is 32.1. The van der Waals surface area contributed by atoms with E-state index in [1.54, 1.807) is 29.2 Å². The fourth-order valence-corrected chi connectivity index (χ4v) is 12.1. The van der Waals surface area contributed by atoms with Crippen molar-refractivity contribution in [2.75, 3.05) is 106 Å². The SMILES string of the molecule is CCc1nn2c(C)cc(N3CCN(CC(=O)N4CC[C@@H](O)C4)CC3)cc2c1N(C)c1nc(-c2ccc(F)cc2)c(C#N)s1.CCc1nn2c(C)cc(N3CCNCC3)cc2c1N(C)c1nc(-c2ccc(F)cc2)c(C#N)s1. The predicted octanol–water partition coefficient (Wildman–Crippen LogP) is 8.34. The van der Waals surface area contributed by atoms with Crippen LogP contribution in [0.4, 0.5) is 41.8 Å². The van der Waals surface area contributed by atoms with Crippen LogP contribution in [0.1, 0.15) is 52.8 Å². The van der Waals surface area contributed by atoms with Crippen LogP contribution in [-0.2, 0) is 17.6 Å². The predicted molar refractivity (Wildman–Crippen MR) is 300 cm³/mol. The summed E-state index contributed by atoms with van der Waals surface area (Å²) in [5.74, 6) is -0.562. The monoisotopic (exact) mass is 1080 g/mol. The number of likely N-dealkylation sites (tertiary alicyclic amines) is 1. The van der Waals surface area contributed by atoms with Gasteiger partial charge in [0.2, 0.25) is 5.91 Å². The molecule has 3 fully saturated rings. The number of aliphatic hydroxyl groups is 1. The smallest absolute Gasteiger partial charge is 0.236 e. The maximum atomic E-state index is 13.5. The maximum absolute atomic E-state index is 13.5. The summed E-state index contributed by atoms with van der Waals surface area (Å²) in [7, 11) is 3.92. The van der Waals surface area contributed by atoms with Crippen LogP contribution in [-0.4, -0.2) is 142 Å². The molecule has 11 rings (SSSR count). The molecule has 1 amide bonds. The zero-order valence-corrected chi connectivity index (χ0v) is 45.7. The van der Waals surface area contributed by atoms with Crippen LogP contribution < -0.4 is 24.9 Å². The van der Waals surface area contributed by atoms with Gasteiger partial charge in [0, 0.05) is 113 Å². The summed E-state index contributed by atoms with van der Waals surface area (Å²) in [5.41, 5.74) is 12.7. The molecule has 0 radical (unpaired) electrons. The average Bonchev–Trinajstić information content (AvgIpc) is 4.40. The summed E-state index contributed by atoms with van der Waals surface area (Å²) in [6, 6.07) is 25.4. The van der Waals surface area contributed by atoms with Crippen LogP contribution in [0, 0.1) is 48.1 Å². The highest BCUT2D eigenvalue weighted by Gasteiger charge is 2.29. The van der Waals surface area contributed by atoms with Crippen molar-refractivity contribution in [1.82, 2.24) is 44.3 Å². The number of aryl methyl sites for hydroxylation is 4. The topological polar surface area (TPSA) is 177 Å². The number of β-amino-alcohol motifs (C(OH)–C–C–N with tert-alkyl or cyclic N) is 1. The maximum Gasteiger partial charge on any atom is 0.236 e. The lowest BCUT2D eigenvalue weighted by atomic mass is 10.1. The second kappa shape index (κ2) is 22.6. The van der Waals surface area contributed by atoms with Gasteiger partial charge < -0.3 is 34.9 Å². The molecule has 0 unspecified atom stereocenters. The minimum Gasteiger partial charge on any atom is -0.391 e. The van der Waals surface area contributed by atoms with Crippen molar-refractivity contribution >= 4 is 72.6 Å². The molecular weight excluding hydrogens is 1020 g/mol. The van der Waals surface area contributed by atoms with E-state index in [4.69, 9.17) is 20.2 Å². The molecule has 3 aliphatic rings. The second-order valence-electron chi connectivity index (χ2n) is 19.6. The summed E-state index contributed by atoms with van der Waals surface area (Å²) in [5, 5.41) is 44.0. The molecule has 77 heavy (non-hydrogen) atoms. The van der Waals surface area contributed by atoms with Crippen molar-refractivity contribution in [2.24, 2.45) is 0 Å². The molecule has 0 saturated carbocycles. The van der Waals surface area contributed by atoms with Gasteiger partial charge in [0.1, 0.15) is 44.9 Å². The number of benzene rings is 2. The number of halogens is 2. The number of hydrogen-bond acceptors (Lipinski definition) is 16. The zero-order chi connectivity index (χ0) is 54.1. The first-order chi connectivity index (χ1) is 37.2. The molecule has 21 heteroatoms. The third-order valence-corrected chi connectivity index (χ3v) is 16.6. The Labute approximate surface area is 454 Å². The summed E-state index contributed by atoms with van der Waals surface area (Å²) in [6.07, 6.45) is 1.74. The number of nitrogens with zero attached hydrogens (tertiary/aromatic N) is 14. The minimum atomic E-state index is -0.402. The quantitative estimate of drug-likeness (QED) is 0.119. The number of nitriles is 2. The number of pyridine rings is 2. The number of aliphatic hydroxyl groups excluding tert-OH is 1. The Hall–Kier alpha value is -7.53. The molecule has 0 spiro atoms. The Morgan fingerprint density at radius 1 is 0.701 bits per heavy atom. The van der Waals surface area contributed by atoms with Gasteiger partial charge in [-0.25, -0.2) is 27.8 Å². The largest absolute Gasteiger partial charge is 0.391 e. The Bertz CT molecular complexity index is 3530. The molecule has 398 valence electrons. The van der Waals surface area contributed by atoms with E-state index in [0.29, 0.717) is 63.0 Å². The highest BCUT2D eigenvalue weighted by molar-refractivity contribution is 7.17. The lowest BCUT2D eigenvalue weighted by molar-refractivity contribution is -0.131. The van der Waals surface area contributed by atoms with E-state index in [1.165, 1.54) is 52.6 Å². The first kappa shape index (κ1) is 52.9. The number of carbonyl (C=O) groups excluding carboxylic acids is 1. The first-order valence-electron chi connectivity index (χ1n) is 26.0. The number of thiazole rings is 2. The molecule has 3 saturated heterocycles. The van der Waals surface area contributed by atoms with Crippen LogP contribution >= 0.6 is 22.7 Å². The number of piperazine rings is 2. The Morgan fingerprint density at radius 3 is 1.57 bits per heavy atom. The van der Waals surface area contributed by atoms with Crippen molar-refractivity contribution in [2.45, 2.75) is 53.1 Å². The Kier molecular flexibility index (Phi) is 15.5. The van der Waals surface area contributed by atoms with Gasteiger partial charge in [-0.05, 0) is 106 Å². The van der Waals surface area contributed by atoms with Gasteiger partial charge in [0.05, 0.1) is 46.4 Å². The third kappa shape index (κ3) is 10.8. The van der Waals surface area contributed by atoms with Gasteiger partial charge in [-0.15, -0.1) is 0 Å². The van der Waals surface area contributed by atoms with Crippen LogP contribution in [0.25, 0.3) is 33.5 Å². The summed E-state index contributed by atoms with van der Waals surface area (Å²) >= 11 is 2.64. The molecule has 2 aromatic carbocycles. The second-order valence-corrected chi connectivity index (χ2v) is 21.5. The van der Waals surface area contributed by atoms with Gasteiger partial charge >= 0.3 is 0 Å². The molecule has 17 nitrogen and oxygen atoms in total.